The molecule has 1 amide bonds. The predicted molar refractivity (Wildman–Crippen MR) is 251 cm³/mol. The molecular formula is C48H94NO16P. The van der Waals surface area contributed by atoms with Gasteiger partial charge in [-0.2, -0.15) is 0 Å². The van der Waals surface area contributed by atoms with Gasteiger partial charge in [-0.05, 0) is 12.8 Å². The molecule has 1 aliphatic heterocycles. The molecule has 1 aliphatic carbocycles. The summed E-state index contributed by atoms with van der Waals surface area (Å²) in [5.74, 6) is -0.368. The molecule has 2 rings (SSSR count). The zero-order valence-corrected chi connectivity index (χ0v) is 41.4. The van der Waals surface area contributed by atoms with E-state index in [0.29, 0.717) is 12.8 Å². The van der Waals surface area contributed by atoms with Crippen LogP contribution in [0.3, 0.4) is 0 Å². The highest BCUT2D eigenvalue weighted by atomic mass is 31.2. The smallest absolute Gasteiger partial charge is 0.394 e. The molecule has 66 heavy (non-hydrogen) atoms. The third kappa shape index (κ3) is 24.3. The second-order valence-electron chi connectivity index (χ2n) is 19.1. The highest BCUT2D eigenvalue weighted by Gasteiger charge is 2.55. The Hall–Kier alpha value is -0.860. The Kier molecular flexibility index (Phi) is 33.5. The standard InChI is InChI=1S/C48H94NO16P/c1-3-5-7-9-11-13-15-17-18-20-22-24-26-28-30-32-38(52)49-35(36(51)31-29-27-25-23-21-19-16-14-12-10-8-6-4-2)34-62-66(60,61)65-47-44(58)42(56)41(55)43(57)46(47)64-48-45(59)40(54)39(53)37(33-50)63-48/h35-37,39-48,50-51,53-59H,3-34H2,1-2H3,(H,49,52)(H,60,61)/t35-,36+,37+,39+,40?,41?,42?,43+,44?,45?,46?,47-,48+/m0/s1. The number of ether oxygens (including phenoxy) is 2. The lowest BCUT2D eigenvalue weighted by Crippen LogP contribution is -2.67. The molecule has 7 unspecified atom stereocenters. The molecule has 1 heterocycles. The number of aliphatic hydroxyl groups is 9. The van der Waals surface area contributed by atoms with Crippen LogP contribution in [-0.2, 0) is 27.9 Å². The maximum Gasteiger partial charge on any atom is 0.472 e. The van der Waals surface area contributed by atoms with E-state index in [1.165, 1.54) is 116 Å². The van der Waals surface area contributed by atoms with E-state index >= 15 is 0 Å². The summed E-state index contributed by atoms with van der Waals surface area (Å²) in [4.78, 5) is 24.1. The first-order chi connectivity index (χ1) is 31.7. The Balaban J connectivity index is 1.95. The fourth-order valence-electron chi connectivity index (χ4n) is 8.91. The summed E-state index contributed by atoms with van der Waals surface area (Å²) < 4.78 is 34.9. The fraction of sp³-hybridized carbons (Fsp3) is 0.979. The van der Waals surface area contributed by atoms with Gasteiger partial charge in [0.05, 0.1) is 25.4 Å². The van der Waals surface area contributed by atoms with Gasteiger partial charge in [0.25, 0.3) is 0 Å². The van der Waals surface area contributed by atoms with Gasteiger partial charge < -0.3 is 65.6 Å². The SMILES string of the molecule is CCCCCCCCCCCCCCCCCC(=O)N[C@@H](COP(=O)(O)O[C@H]1C(O)C(O)C(O)[C@@H](O)C1O[C@H]1O[C@H](CO)[C@@H](O)C(O)C1O)[C@H](O)CCCCCCCCCCCCCCC. The molecule has 17 nitrogen and oxygen atoms in total. The Morgan fingerprint density at radius 3 is 1.39 bits per heavy atom. The van der Waals surface area contributed by atoms with Gasteiger partial charge in [-0.1, -0.05) is 187 Å². The van der Waals surface area contributed by atoms with Crippen molar-refractivity contribution in [2.75, 3.05) is 13.2 Å². The summed E-state index contributed by atoms with van der Waals surface area (Å²) >= 11 is 0. The van der Waals surface area contributed by atoms with E-state index in [2.05, 4.69) is 19.2 Å². The molecule has 0 bridgehead atoms. The van der Waals surface area contributed by atoms with Crippen molar-refractivity contribution in [1.82, 2.24) is 5.32 Å². The lowest BCUT2D eigenvalue weighted by Gasteiger charge is -2.47. The molecule has 0 radical (unpaired) electrons. The lowest BCUT2D eigenvalue weighted by atomic mass is 9.84. The van der Waals surface area contributed by atoms with Crippen molar-refractivity contribution in [3.8, 4) is 0 Å². The molecule has 2 aliphatic rings. The third-order valence-corrected chi connectivity index (χ3v) is 14.3. The quantitative estimate of drug-likeness (QED) is 0.0259. The van der Waals surface area contributed by atoms with Crippen LogP contribution in [-0.4, -0.2) is 149 Å². The zero-order chi connectivity index (χ0) is 48.7. The number of hydrogen-bond donors (Lipinski definition) is 11. The average Bonchev–Trinajstić information content (AvgIpc) is 3.30. The molecule has 1 saturated carbocycles. The third-order valence-electron chi connectivity index (χ3n) is 13.3. The number of carbonyl (C=O) groups excluding carboxylic acids is 1. The van der Waals surface area contributed by atoms with Gasteiger partial charge in [-0.3, -0.25) is 13.8 Å². The van der Waals surface area contributed by atoms with Crippen molar-refractivity contribution in [3.05, 3.63) is 0 Å². The number of nitrogens with one attached hydrogen (secondary N) is 1. The van der Waals surface area contributed by atoms with E-state index < -0.39 is 101 Å². The molecule has 0 aromatic heterocycles. The van der Waals surface area contributed by atoms with Crippen LogP contribution in [0, 0.1) is 0 Å². The van der Waals surface area contributed by atoms with Crippen LogP contribution in [0.5, 0.6) is 0 Å². The Bertz CT molecular complexity index is 1260. The van der Waals surface area contributed by atoms with Gasteiger partial charge in [0, 0.05) is 6.42 Å². The van der Waals surface area contributed by atoms with Crippen LogP contribution in [0.4, 0.5) is 0 Å². The minimum absolute atomic E-state index is 0.177. The summed E-state index contributed by atoms with van der Waals surface area (Å²) in [5.41, 5.74) is 0. The second-order valence-corrected chi connectivity index (χ2v) is 20.5. The van der Waals surface area contributed by atoms with E-state index in [1.54, 1.807) is 0 Å². The van der Waals surface area contributed by atoms with Crippen LogP contribution in [0.15, 0.2) is 0 Å². The minimum Gasteiger partial charge on any atom is -0.394 e. The van der Waals surface area contributed by atoms with Gasteiger partial charge in [0.1, 0.15) is 61.0 Å². The number of unbranched alkanes of at least 4 members (excludes halogenated alkanes) is 26. The number of aliphatic hydroxyl groups excluding tert-OH is 9. The fourth-order valence-corrected chi connectivity index (χ4v) is 9.87. The molecule has 0 aromatic rings. The van der Waals surface area contributed by atoms with E-state index in [1.807, 2.05) is 0 Å². The molecule has 1 saturated heterocycles. The Labute approximate surface area is 396 Å². The maximum atomic E-state index is 13.5. The van der Waals surface area contributed by atoms with Crippen molar-refractivity contribution in [2.45, 2.75) is 286 Å². The highest BCUT2D eigenvalue weighted by Crippen LogP contribution is 2.48. The van der Waals surface area contributed by atoms with E-state index in [9.17, 15) is 60.2 Å². The summed E-state index contributed by atoms with van der Waals surface area (Å²) in [6.07, 6.45) is 10.1. The summed E-state index contributed by atoms with van der Waals surface area (Å²) in [5, 5.41) is 97.1. The number of rotatable bonds is 40. The highest BCUT2D eigenvalue weighted by molar-refractivity contribution is 7.47. The zero-order valence-electron chi connectivity index (χ0n) is 40.5. The van der Waals surface area contributed by atoms with Crippen LogP contribution in [0.25, 0.3) is 0 Å². The monoisotopic (exact) mass is 972 g/mol. The Morgan fingerprint density at radius 2 is 0.955 bits per heavy atom. The van der Waals surface area contributed by atoms with E-state index in [-0.39, 0.29) is 18.7 Å². The van der Waals surface area contributed by atoms with Crippen LogP contribution in [0.2, 0.25) is 0 Å². The molecule has 392 valence electrons. The van der Waals surface area contributed by atoms with Gasteiger partial charge in [0.15, 0.2) is 6.29 Å². The number of carbonyl (C=O) groups is 1. The molecule has 0 spiro atoms. The summed E-state index contributed by atoms with van der Waals surface area (Å²) in [6, 6.07) is -1.13. The van der Waals surface area contributed by atoms with Gasteiger partial charge in [-0.25, -0.2) is 4.57 Å². The van der Waals surface area contributed by atoms with Crippen LogP contribution >= 0.6 is 7.82 Å². The first kappa shape index (κ1) is 61.3. The molecule has 18 heteroatoms. The molecule has 14 atom stereocenters. The summed E-state index contributed by atoms with van der Waals surface area (Å²) in [6.45, 7) is 2.92. The van der Waals surface area contributed by atoms with Crippen molar-refractivity contribution in [1.29, 1.82) is 0 Å². The van der Waals surface area contributed by atoms with Crippen molar-refractivity contribution < 1.29 is 78.7 Å². The van der Waals surface area contributed by atoms with Crippen molar-refractivity contribution in [3.63, 3.8) is 0 Å². The van der Waals surface area contributed by atoms with Crippen molar-refractivity contribution in [2.24, 2.45) is 0 Å². The topological polar surface area (TPSA) is 285 Å². The number of phosphoric acid groups is 1. The van der Waals surface area contributed by atoms with E-state index in [0.717, 1.165) is 51.4 Å². The van der Waals surface area contributed by atoms with Crippen LogP contribution < -0.4 is 5.32 Å². The van der Waals surface area contributed by atoms with E-state index in [4.69, 9.17) is 18.5 Å². The number of amides is 1. The molecule has 2 fully saturated rings. The van der Waals surface area contributed by atoms with Gasteiger partial charge in [0.2, 0.25) is 5.91 Å². The molecule has 0 aromatic carbocycles. The average molecular weight is 972 g/mol. The first-order valence-electron chi connectivity index (χ1n) is 26.0. The number of phosphoric ester groups is 1. The lowest BCUT2D eigenvalue weighted by molar-refractivity contribution is -0.338. The maximum absolute atomic E-state index is 13.5. The van der Waals surface area contributed by atoms with Gasteiger partial charge >= 0.3 is 7.82 Å². The molecule has 11 N–H and O–H groups in total. The number of hydrogen-bond acceptors (Lipinski definition) is 15. The summed E-state index contributed by atoms with van der Waals surface area (Å²) in [7, 11) is -5.31. The second kappa shape index (κ2) is 36.1. The van der Waals surface area contributed by atoms with Crippen LogP contribution in [0.1, 0.15) is 206 Å². The predicted octanol–water partition coefficient (Wildman–Crippen LogP) is 5.72. The normalized spacial score (nSPS) is 28.8. The first-order valence-corrected chi connectivity index (χ1v) is 27.5. The molecular weight excluding hydrogens is 877 g/mol. The largest absolute Gasteiger partial charge is 0.472 e. The Morgan fingerprint density at radius 1 is 0.561 bits per heavy atom. The van der Waals surface area contributed by atoms with Crippen molar-refractivity contribution >= 4 is 13.7 Å². The van der Waals surface area contributed by atoms with Gasteiger partial charge in [-0.15, -0.1) is 0 Å². The minimum atomic E-state index is -5.31.